The molecule has 1 fully saturated rings. The van der Waals surface area contributed by atoms with E-state index in [1.807, 2.05) is 32.1 Å². The van der Waals surface area contributed by atoms with Crippen LogP contribution in [0.4, 0.5) is 4.39 Å². The first kappa shape index (κ1) is 31.8. The average molecular weight is 559 g/mol. The first-order valence-corrected chi connectivity index (χ1v) is 17.8. The molecule has 1 aromatic rings. The quantitative estimate of drug-likeness (QED) is 0.123. The highest BCUT2D eigenvalue weighted by atomic mass is 28.4. The maximum absolute atomic E-state index is 15.2. The number of aliphatic hydroxyl groups is 1. The van der Waals surface area contributed by atoms with Crippen LogP contribution >= 0.6 is 0 Å². The number of rotatable bonds is 12. The van der Waals surface area contributed by atoms with Crippen molar-refractivity contribution in [3.8, 4) is 0 Å². The minimum absolute atomic E-state index is 0.0787. The summed E-state index contributed by atoms with van der Waals surface area (Å²) in [5.41, 5.74) is 2.78. The number of aliphatic hydroxyl groups excluding tert-OH is 1. The van der Waals surface area contributed by atoms with Gasteiger partial charge in [0.25, 0.3) is 0 Å². The Kier molecular flexibility index (Phi) is 11.2. The number of hydrogen-bond acceptors (Lipinski definition) is 4. The van der Waals surface area contributed by atoms with Gasteiger partial charge in [0, 0.05) is 18.8 Å². The molecule has 0 spiro atoms. The van der Waals surface area contributed by atoms with Gasteiger partial charge in [-0.25, -0.2) is 4.39 Å². The lowest BCUT2D eigenvalue weighted by molar-refractivity contribution is -0.147. The van der Waals surface area contributed by atoms with Gasteiger partial charge in [0.15, 0.2) is 8.32 Å². The van der Waals surface area contributed by atoms with Crippen molar-refractivity contribution in [3.63, 3.8) is 0 Å². The Labute approximate surface area is 237 Å². The van der Waals surface area contributed by atoms with E-state index >= 15 is 4.39 Å². The largest absolute Gasteiger partial charge is 0.463 e. The van der Waals surface area contributed by atoms with E-state index in [1.54, 1.807) is 0 Å². The molecular formula is C33H51FO4Si. The second-order valence-corrected chi connectivity index (χ2v) is 18.1. The van der Waals surface area contributed by atoms with Crippen molar-refractivity contribution in [2.45, 2.75) is 122 Å². The van der Waals surface area contributed by atoms with Crippen molar-refractivity contribution >= 4 is 14.3 Å². The highest BCUT2D eigenvalue weighted by molar-refractivity contribution is 6.74. The first-order valence-electron chi connectivity index (χ1n) is 14.9. The molecule has 0 amide bonds. The zero-order valence-corrected chi connectivity index (χ0v) is 26.2. The van der Waals surface area contributed by atoms with Crippen LogP contribution in [0.5, 0.6) is 0 Å². The van der Waals surface area contributed by atoms with Gasteiger partial charge in [0.2, 0.25) is 0 Å². The fourth-order valence-electron chi connectivity index (χ4n) is 5.59. The number of halogens is 1. The molecule has 1 saturated carbocycles. The molecule has 1 aromatic carbocycles. The fraction of sp³-hybridized carbons (Fsp3) is 0.667. The number of alkyl halides is 1. The van der Waals surface area contributed by atoms with Crippen molar-refractivity contribution in [1.82, 2.24) is 0 Å². The molecular weight excluding hydrogens is 507 g/mol. The molecule has 218 valence electrons. The lowest BCUT2D eigenvalue weighted by atomic mass is 9.89. The molecule has 6 heteroatoms. The Morgan fingerprint density at radius 1 is 1.15 bits per heavy atom. The van der Waals surface area contributed by atoms with Crippen LogP contribution in [-0.2, 0) is 26.8 Å². The fourth-order valence-corrected chi connectivity index (χ4v) is 6.90. The standard InChI is InChI=1S/C33H51FO4Si/c1-23(2)37-32(36)17-11-9-8-10-16-28-27(29(34)22-30(28)35)18-19-31(38-39(6,7)33(3,4)5)26-20-24-14-12-13-15-25(24)21-26/h8,10,12-15,18-19,23,26-31,35H,9,11,16-17,20-22H2,1-7H3/b10-8+,19-18+/t27-,28-,29+,30+,31-/m1/s1. The molecule has 2 aliphatic carbocycles. The molecule has 1 N–H and O–H groups in total. The Morgan fingerprint density at radius 3 is 2.38 bits per heavy atom. The Morgan fingerprint density at radius 2 is 1.79 bits per heavy atom. The molecule has 3 rings (SSSR count). The first-order chi connectivity index (χ1) is 18.3. The van der Waals surface area contributed by atoms with E-state index in [9.17, 15) is 9.90 Å². The lowest BCUT2D eigenvalue weighted by Gasteiger charge is -2.40. The predicted molar refractivity (Wildman–Crippen MR) is 160 cm³/mol. The van der Waals surface area contributed by atoms with E-state index in [4.69, 9.17) is 9.16 Å². The summed E-state index contributed by atoms with van der Waals surface area (Å²) in [5.74, 6) is -0.333. The van der Waals surface area contributed by atoms with E-state index in [0.717, 1.165) is 25.7 Å². The number of benzene rings is 1. The predicted octanol–water partition coefficient (Wildman–Crippen LogP) is 7.75. The van der Waals surface area contributed by atoms with E-state index in [0.29, 0.717) is 18.8 Å². The number of fused-ring (bicyclic) bond motifs is 1. The molecule has 0 heterocycles. The van der Waals surface area contributed by atoms with Crippen LogP contribution in [0.2, 0.25) is 18.1 Å². The number of carbonyl (C=O) groups excluding carboxylic acids is 1. The van der Waals surface area contributed by atoms with Crippen molar-refractivity contribution in [3.05, 3.63) is 59.7 Å². The van der Waals surface area contributed by atoms with Crippen LogP contribution in [-0.4, -0.2) is 43.9 Å². The molecule has 0 aromatic heterocycles. The van der Waals surface area contributed by atoms with Gasteiger partial charge in [0.05, 0.1) is 18.3 Å². The molecule has 0 bridgehead atoms. The normalized spacial score (nSPS) is 25.2. The van der Waals surface area contributed by atoms with Gasteiger partial charge in [-0.15, -0.1) is 0 Å². The van der Waals surface area contributed by atoms with Crippen molar-refractivity contribution in [2.24, 2.45) is 17.8 Å². The summed E-state index contributed by atoms with van der Waals surface area (Å²) < 4.78 is 27.3. The van der Waals surface area contributed by atoms with Crippen LogP contribution in [0.3, 0.4) is 0 Å². The topological polar surface area (TPSA) is 55.8 Å². The van der Waals surface area contributed by atoms with Gasteiger partial charge >= 0.3 is 5.97 Å². The van der Waals surface area contributed by atoms with Crippen LogP contribution in [0.15, 0.2) is 48.6 Å². The Bertz CT molecular complexity index is 971. The summed E-state index contributed by atoms with van der Waals surface area (Å²) in [6.45, 7) is 15.0. The second kappa shape index (κ2) is 13.7. The van der Waals surface area contributed by atoms with Gasteiger partial charge in [0.1, 0.15) is 6.17 Å². The molecule has 39 heavy (non-hydrogen) atoms. The number of ether oxygens (including phenoxy) is 1. The summed E-state index contributed by atoms with van der Waals surface area (Å²) in [6, 6.07) is 8.62. The summed E-state index contributed by atoms with van der Waals surface area (Å²) >= 11 is 0. The van der Waals surface area contributed by atoms with Crippen molar-refractivity contribution < 1.29 is 23.5 Å². The highest BCUT2D eigenvalue weighted by Crippen LogP contribution is 2.42. The van der Waals surface area contributed by atoms with Crippen LogP contribution in [0, 0.1) is 17.8 Å². The Balaban J connectivity index is 1.67. The number of unbranched alkanes of at least 4 members (excludes halogenated alkanes) is 1. The zero-order valence-electron chi connectivity index (χ0n) is 25.2. The van der Waals surface area contributed by atoms with Crippen LogP contribution in [0.1, 0.15) is 77.8 Å². The highest BCUT2D eigenvalue weighted by Gasteiger charge is 2.43. The van der Waals surface area contributed by atoms with E-state index in [1.165, 1.54) is 11.1 Å². The molecule has 4 nitrogen and oxygen atoms in total. The zero-order chi connectivity index (χ0) is 28.8. The Hall–Kier alpha value is -1.76. The van der Waals surface area contributed by atoms with Gasteiger partial charge < -0.3 is 14.3 Å². The maximum Gasteiger partial charge on any atom is 0.306 e. The molecule has 0 saturated heterocycles. The minimum Gasteiger partial charge on any atom is -0.463 e. The van der Waals surface area contributed by atoms with E-state index in [-0.39, 0.29) is 41.5 Å². The lowest BCUT2D eigenvalue weighted by Crippen LogP contribution is -2.45. The minimum atomic E-state index is -2.05. The number of esters is 1. The van der Waals surface area contributed by atoms with Crippen LogP contribution < -0.4 is 0 Å². The molecule has 0 unspecified atom stereocenters. The molecule has 0 radical (unpaired) electrons. The number of allylic oxidation sites excluding steroid dienone is 3. The van der Waals surface area contributed by atoms with Crippen molar-refractivity contribution in [2.75, 3.05) is 0 Å². The van der Waals surface area contributed by atoms with Gasteiger partial charge in [-0.05, 0) is 87.0 Å². The van der Waals surface area contributed by atoms with E-state index in [2.05, 4.69) is 64.2 Å². The molecule has 0 aliphatic heterocycles. The summed E-state index contributed by atoms with van der Waals surface area (Å²) in [6.07, 6.45) is 11.0. The third kappa shape index (κ3) is 8.86. The monoisotopic (exact) mass is 558 g/mol. The summed E-state index contributed by atoms with van der Waals surface area (Å²) in [5, 5.41) is 10.8. The number of carbonyl (C=O) groups is 1. The van der Waals surface area contributed by atoms with Gasteiger partial charge in [-0.3, -0.25) is 4.79 Å². The van der Waals surface area contributed by atoms with Crippen LogP contribution in [0.25, 0.3) is 0 Å². The second-order valence-electron chi connectivity index (χ2n) is 13.4. The van der Waals surface area contributed by atoms with Crippen molar-refractivity contribution in [1.29, 1.82) is 0 Å². The van der Waals surface area contributed by atoms with Gasteiger partial charge in [-0.2, -0.15) is 0 Å². The molecule has 2 aliphatic rings. The smallest absolute Gasteiger partial charge is 0.306 e. The summed E-state index contributed by atoms with van der Waals surface area (Å²) in [7, 11) is -2.05. The number of hydrogen-bond donors (Lipinski definition) is 1. The van der Waals surface area contributed by atoms with Gasteiger partial charge in [-0.1, -0.05) is 69.3 Å². The third-order valence-electron chi connectivity index (χ3n) is 8.87. The average Bonchev–Trinajstić information content (AvgIpc) is 3.37. The molecule has 5 atom stereocenters. The SMILES string of the molecule is CC(C)OC(=O)CCC/C=C/C[C@@H]1[C@@H](/C=C/[C@@H](O[Si](C)(C)C(C)(C)C)C2Cc3ccccc3C2)[C@@H](F)C[C@@H]1O. The van der Waals surface area contributed by atoms with E-state index < -0.39 is 20.6 Å². The third-order valence-corrected chi connectivity index (χ3v) is 13.3. The summed E-state index contributed by atoms with van der Waals surface area (Å²) in [4.78, 5) is 11.7. The maximum atomic E-state index is 15.2.